The van der Waals surface area contributed by atoms with Gasteiger partial charge in [0.15, 0.2) is 10.6 Å². The highest BCUT2D eigenvalue weighted by Gasteiger charge is 2.40. The smallest absolute Gasteiger partial charge is 0.329 e. The number of nitrogens with one attached hydrogen (secondary N) is 2. The SMILES string of the molecule is CC(NS(=O)(=O)c1ccn[nH]1)(C(=O)O)c1ccccc1. The minimum absolute atomic E-state index is 0.194. The molecule has 1 atom stereocenters. The van der Waals surface area contributed by atoms with Crippen molar-refractivity contribution >= 4 is 16.0 Å². The Balaban J connectivity index is 2.44. The van der Waals surface area contributed by atoms with Crippen molar-refractivity contribution in [2.45, 2.75) is 17.5 Å². The van der Waals surface area contributed by atoms with Gasteiger partial charge in [-0.3, -0.25) is 5.10 Å². The number of sulfonamides is 1. The first-order valence-electron chi connectivity index (χ1n) is 5.68. The molecule has 7 nitrogen and oxygen atoms in total. The van der Waals surface area contributed by atoms with E-state index in [-0.39, 0.29) is 5.03 Å². The van der Waals surface area contributed by atoms with Crippen molar-refractivity contribution in [1.29, 1.82) is 0 Å². The molecule has 0 aliphatic heterocycles. The molecule has 106 valence electrons. The van der Waals surface area contributed by atoms with E-state index in [9.17, 15) is 18.3 Å². The van der Waals surface area contributed by atoms with E-state index in [1.54, 1.807) is 30.3 Å². The molecule has 0 saturated heterocycles. The molecule has 1 heterocycles. The average Bonchev–Trinajstić information content (AvgIpc) is 2.93. The Bertz CT molecular complexity index is 698. The first-order chi connectivity index (χ1) is 9.36. The summed E-state index contributed by atoms with van der Waals surface area (Å²) in [5.74, 6) is -1.30. The third-order valence-corrected chi connectivity index (χ3v) is 4.37. The Morgan fingerprint density at radius 1 is 1.30 bits per heavy atom. The summed E-state index contributed by atoms with van der Waals surface area (Å²) in [6, 6.07) is 9.33. The molecule has 20 heavy (non-hydrogen) atoms. The average molecular weight is 295 g/mol. The first kappa shape index (κ1) is 14.2. The van der Waals surface area contributed by atoms with Gasteiger partial charge in [0.2, 0.25) is 0 Å². The van der Waals surface area contributed by atoms with Crippen molar-refractivity contribution in [1.82, 2.24) is 14.9 Å². The van der Waals surface area contributed by atoms with Crippen molar-refractivity contribution in [2.75, 3.05) is 0 Å². The number of aromatic amines is 1. The predicted octanol–water partition coefficient (Wildman–Crippen LogP) is 0.688. The number of hydrogen-bond donors (Lipinski definition) is 3. The number of nitrogens with zero attached hydrogens (tertiary/aromatic N) is 1. The molecule has 2 aromatic rings. The Morgan fingerprint density at radius 3 is 2.45 bits per heavy atom. The summed E-state index contributed by atoms with van der Waals surface area (Å²) >= 11 is 0. The standard InChI is InChI=1S/C12H13N3O4S/c1-12(11(16)17,9-5-3-2-4-6-9)15-20(18,19)10-7-8-13-14-10/h2-8,15H,1H3,(H,13,14)(H,16,17). The van der Waals surface area contributed by atoms with Crippen LogP contribution in [0.4, 0.5) is 0 Å². The van der Waals surface area contributed by atoms with E-state index >= 15 is 0 Å². The lowest BCUT2D eigenvalue weighted by molar-refractivity contribution is -0.143. The lowest BCUT2D eigenvalue weighted by Gasteiger charge is -2.26. The summed E-state index contributed by atoms with van der Waals surface area (Å²) in [5.41, 5.74) is -1.44. The summed E-state index contributed by atoms with van der Waals surface area (Å²) in [4.78, 5) is 11.5. The minimum atomic E-state index is -4.02. The van der Waals surface area contributed by atoms with Crippen LogP contribution in [0.2, 0.25) is 0 Å². The highest BCUT2D eigenvalue weighted by atomic mass is 32.2. The maximum absolute atomic E-state index is 12.1. The normalized spacial score (nSPS) is 14.7. The third-order valence-electron chi connectivity index (χ3n) is 2.88. The highest BCUT2D eigenvalue weighted by Crippen LogP contribution is 2.23. The Hall–Kier alpha value is -2.19. The van der Waals surface area contributed by atoms with Gasteiger partial charge in [-0.05, 0) is 18.6 Å². The molecule has 3 N–H and O–H groups in total. The van der Waals surface area contributed by atoms with E-state index in [2.05, 4.69) is 14.9 Å². The lowest BCUT2D eigenvalue weighted by Crippen LogP contribution is -2.49. The summed E-state index contributed by atoms with van der Waals surface area (Å²) in [5, 5.41) is 15.0. The molecule has 0 saturated carbocycles. The monoisotopic (exact) mass is 295 g/mol. The second-order valence-corrected chi connectivity index (χ2v) is 5.97. The van der Waals surface area contributed by atoms with Crippen molar-refractivity contribution in [3.05, 3.63) is 48.2 Å². The van der Waals surface area contributed by atoms with Gasteiger partial charge >= 0.3 is 5.97 Å². The van der Waals surface area contributed by atoms with Gasteiger partial charge in [0.25, 0.3) is 10.0 Å². The fourth-order valence-corrected chi connectivity index (χ4v) is 2.98. The van der Waals surface area contributed by atoms with Crippen LogP contribution in [0.15, 0.2) is 47.6 Å². The zero-order valence-corrected chi connectivity index (χ0v) is 11.4. The summed E-state index contributed by atoms with van der Waals surface area (Å²) in [6.45, 7) is 1.29. The summed E-state index contributed by atoms with van der Waals surface area (Å²) in [7, 11) is -4.02. The van der Waals surface area contributed by atoms with Gasteiger partial charge in [-0.25, -0.2) is 13.2 Å². The fraction of sp³-hybridized carbons (Fsp3) is 0.167. The predicted molar refractivity (Wildman–Crippen MR) is 70.3 cm³/mol. The molecule has 1 aromatic heterocycles. The Morgan fingerprint density at radius 2 is 1.95 bits per heavy atom. The molecule has 0 fully saturated rings. The van der Waals surface area contributed by atoms with Gasteiger partial charge in [-0.1, -0.05) is 30.3 Å². The van der Waals surface area contributed by atoms with Gasteiger partial charge in [-0.15, -0.1) is 0 Å². The number of aliphatic carboxylic acids is 1. The van der Waals surface area contributed by atoms with E-state index < -0.39 is 21.5 Å². The molecule has 0 amide bonds. The van der Waals surface area contributed by atoms with Crippen LogP contribution in [0.1, 0.15) is 12.5 Å². The molecular formula is C12H13N3O4S. The topological polar surface area (TPSA) is 112 Å². The first-order valence-corrected chi connectivity index (χ1v) is 7.17. The van der Waals surface area contributed by atoms with Crippen molar-refractivity contribution < 1.29 is 18.3 Å². The largest absolute Gasteiger partial charge is 0.480 e. The molecule has 1 unspecified atom stereocenters. The molecular weight excluding hydrogens is 282 g/mol. The molecule has 0 aliphatic rings. The molecule has 1 aromatic carbocycles. The highest BCUT2D eigenvalue weighted by molar-refractivity contribution is 7.89. The van der Waals surface area contributed by atoms with Crippen LogP contribution >= 0.6 is 0 Å². The lowest BCUT2D eigenvalue weighted by atomic mass is 9.94. The van der Waals surface area contributed by atoms with Crippen LogP contribution in [-0.2, 0) is 20.4 Å². The number of aromatic nitrogens is 2. The quantitative estimate of drug-likeness (QED) is 0.751. The molecule has 8 heteroatoms. The van der Waals surface area contributed by atoms with Crippen LogP contribution in [0.5, 0.6) is 0 Å². The molecule has 0 bridgehead atoms. The van der Waals surface area contributed by atoms with Gasteiger partial charge in [-0.2, -0.15) is 9.82 Å². The number of benzene rings is 1. The number of H-pyrrole nitrogens is 1. The van der Waals surface area contributed by atoms with Crippen LogP contribution < -0.4 is 4.72 Å². The van der Waals surface area contributed by atoms with Crippen LogP contribution in [0.3, 0.4) is 0 Å². The Labute approximate surface area is 115 Å². The summed E-state index contributed by atoms with van der Waals surface area (Å²) < 4.78 is 26.5. The number of rotatable bonds is 5. The second kappa shape index (κ2) is 5.06. The number of carbonyl (C=O) groups is 1. The second-order valence-electron chi connectivity index (χ2n) is 4.32. The molecule has 0 aliphatic carbocycles. The minimum Gasteiger partial charge on any atom is -0.480 e. The fourth-order valence-electron chi connectivity index (χ4n) is 1.71. The number of hydrogen-bond acceptors (Lipinski definition) is 4. The maximum Gasteiger partial charge on any atom is 0.329 e. The maximum atomic E-state index is 12.1. The van der Waals surface area contributed by atoms with Crippen LogP contribution in [-0.4, -0.2) is 29.7 Å². The van der Waals surface area contributed by atoms with Gasteiger partial charge in [0.1, 0.15) is 0 Å². The van der Waals surface area contributed by atoms with Crippen molar-refractivity contribution in [3.8, 4) is 0 Å². The molecule has 0 spiro atoms. The van der Waals surface area contributed by atoms with Gasteiger partial charge in [0.05, 0.1) is 6.20 Å². The third kappa shape index (κ3) is 2.56. The number of carboxylic acid groups (broad SMARTS) is 1. The molecule has 2 rings (SSSR count). The number of carboxylic acids is 1. The van der Waals surface area contributed by atoms with Crippen LogP contribution in [0, 0.1) is 0 Å². The van der Waals surface area contributed by atoms with Crippen molar-refractivity contribution in [3.63, 3.8) is 0 Å². The van der Waals surface area contributed by atoms with Crippen LogP contribution in [0.25, 0.3) is 0 Å². The van der Waals surface area contributed by atoms with Gasteiger partial charge < -0.3 is 5.11 Å². The van der Waals surface area contributed by atoms with E-state index in [1.807, 2.05) is 0 Å². The summed E-state index contributed by atoms with van der Waals surface area (Å²) in [6.07, 6.45) is 1.27. The molecule has 0 radical (unpaired) electrons. The van der Waals surface area contributed by atoms with E-state index in [4.69, 9.17) is 0 Å². The van der Waals surface area contributed by atoms with Gasteiger partial charge in [0, 0.05) is 0 Å². The zero-order chi connectivity index (χ0) is 14.8. The van der Waals surface area contributed by atoms with E-state index in [0.717, 1.165) is 0 Å². The zero-order valence-electron chi connectivity index (χ0n) is 10.6. The Kier molecular flexibility index (Phi) is 3.60. The van der Waals surface area contributed by atoms with Crippen molar-refractivity contribution in [2.24, 2.45) is 0 Å². The van der Waals surface area contributed by atoms with E-state index in [1.165, 1.54) is 19.2 Å². The van der Waals surface area contributed by atoms with E-state index in [0.29, 0.717) is 5.56 Å².